The second kappa shape index (κ2) is 4.98. The van der Waals surface area contributed by atoms with Crippen LogP contribution >= 0.6 is 0 Å². The monoisotopic (exact) mass is 252 g/mol. The molecule has 0 aromatic heterocycles. The number of benzene rings is 2. The number of Topliss-reactive ketones (excluding diaryl/α,β-unsaturated/α-hetero) is 1. The summed E-state index contributed by atoms with van der Waals surface area (Å²) in [5.41, 5.74) is 2.81. The highest BCUT2D eigenvalue weighted by Crippen LogP contribution is 2.34. The van der Waals surface area contributed by atoms with E-state index in [9.17, 15) is 9.90 Å². The molecule has 19 heavy (non-hydrogen) atoms. The Bertz CT molecular complexity index is 568. The first kappa shape index (κ1) is 12.1. The lowest BCUT2D eigenvalue weighted by molar-refractivity contribution is 0.0704. The molecule has 2 nitrogen and oxygen atoms in total. The van der Waals surface area contributed by atoms with Crippen molar-refractivity contribution in [2.45, 2.75) is 18.9 Å². The summed E-state index contributed by atoms with van der Waals surface area (Å²) in [6.07, 6.45) is 1.12. The van der Waals surface area contributed by atoms with Gasteiger partial charge >= 0.3 is 0 Å². The van der Waals surface area contributed by atoms with E-state index < -0.39 is 6.10 Å². The number of hydrogen-bond acceptors (Lipinski definition) is 2. The van der Waals surface area contributed by atoms with E-state index in [0.29, 0.717) is 5.56 Å². The average molecular weight is 252 g/mol. The minimum Gasteiger partial charge on any atom is -0.385 e. The summed E-state index contributed by atoms with van der Waals surface area (Å²) in [5.74, 6) is 0.0309. The van der Waals surface area contributed by atoms with Gasteiger partial charge in [0.1, 0.15) is 6.10 Å². The molecule has 0 amide bonds. The molecular formula is C17H16O2. The van der Waals surface area contributed by atoms with Gasteiger partial charge in [0.25, 0.3) is 0 Å². The van der Waals surface area contributed by atoms with Gasteiger partial charge < -0.3 is 5.11 Å². The van der Waals surface area contributed by atoms with Crippen LogP contribution < -0.4 is 0 Å². The van der Waals surface area contributed by atoms with Crippen LogP contribution in [0.4, 0.5) is 0 Å². The lowest BCUT2D eigenvalue weighted by Gasteiger charge is -2.08. The van der Waals surface area contributed by atoms with Crippen molar-refractivity contribution in [1.29, 1.82) is 0 Å². The Kier molecular flexibility index (Phi) is 3.18. The van der Waals surface area contributed by atoms with Crippen molar-refractivity contribution in [2.24, 2.45) is 5.92 Å². The molecule has 0 radical (unpaired) electrons. The molecule has 1 saturated carbocycles. The van der Waals surface area contributed by atoms with E-state index in [1.54, 1.807) is 12.1 Å². The summed E-state index contributed by atoms with van der Waals surface area (Å²) in [5, 5.41) is 9.85. The van der Waals surface area contributed by atoms with E-state index >= 15 is 0 Å². The fraction of sp³-hybridized carbons (Fsp3) is 0.235. The first-order chi connectivity index (χ1) is 9.25. The number of carbonyl (C=O) groups excluding carboxylic acids is 1. The fourth-order valence-electron chi connectivity index (χ4n) is 2.25. The summed E-state index contributed by atoms with van der Waals surface area (Å²) < 4.78 is 0. The Hall–Kier alpha value is -1.93. The molecule has 0 aliphatic heterocycles. The van der Waals surface area contributed by atoms with Crippen LogP contribution in [-0.2, 0) is 0 Å². The molecule has 0 spiro atoms. The van der Waals surface area contributed by atoms with E-state index in [1.807, 2.05) is 42.5 Å². The first-order valence-electron chi connectivity index (χ1n) is 6.63. The molecule has 2 aromatic rings. The average Bonchev–Trinajstić information content (AvgIpc) is 3.31. The fourth-order valence-corrected chi connectivity index (χ4v) is 2.25. The van der Waals surface area contributed by atoms with Crippen molar-refractivity contribution in [3.63, 3.8) is 0 Å². The van der Waals surface area contributed by atoms with Crippen LogP contribution in [0.15, 0.2) is 54.6 Å². The molecule has 2 heteroatoms. The standard InChI is InChI=1S/C17H16O2/c18-16(17(19)15-10-11-15)14-8-6-13(7-9-14)12-4-2-1-3-5-12/h1-9,15,17,19H,10-11H2. The zero-order valence-corrected chi connectivity index (χ0v) is 10.6. The van der Waals surface area contributed by atoms with Gasteiger partial charge in [-0.2, -0.15) is 0 Å². The molecule has 1 aliphatic carbocycles. The van der Waals surface area contributed by atoms with Gasteiger partial charge in [0.15, 0.2) is 5.78 Å². The predicted octanol–water partition coefficient (Wildman–Crippen LogP) is 3.31. The van der Waals surface area contributed by atoms with Crippen molar-refractivity contribution in [3.05, 3.63) is 60.2 Å². The van der Waals surface area contributed by atoms with Crippen molar-refractivity contribution < 1.29 is 9.90 Å². The third-order valence-corrected chi connectivity index (χ3v) is 3.61. The lowest BCUT2D eigenvalue weighted by Crippen LogP contribution is -2.22. The Balaban J connectivity index is 1.81. The van der Waals surface area contributed by atoms with Crippen LogP contribution in [0.3, 0.4) is 0 Å². The summed E-state index contributed by atoms with van der Waals surface area (Å²) >= 11 is 0. The smallest absolute Gasteiger partial charge is 0.191 e. The Morgan fingerprint density at radius 1 is 0.947 bits per heavy atom. The summed E-state index contributed by atoms with van der Waals surface area (Å²) in [7, 11) is 0. The number of ketones is 1. The van der Waals surface area contributed by atoms with Crippen LogP contribution in [-0.4, -0.2) is 17.0 Å². The zero-order chi connectivity index (χ0) is 13.2. The third kappa shape index (κ3) is 2.59. The molecule has 0 heterocycles. The molecule has 0 saturated heterocycles. The number of aliphatic hydroxyl groups is 1. The molecule has 0 bridgehead atoms. The van der Waals surface area contributed by atoms with E-state index in [0.717, 1.165) is 24.0 Å². The predicted molar refractivity (Wildman–Crippen MR) is 74.9 cm³/mol. The van der Waals surface area contributed by atoms with E-state index in [4.69, 9.17) is 0 Å². The highest BCUT2D eigenvalue weighted by atomic mass is 16.3. The zero-order valence-electron chi connectivity index (χ0n) is 10.6. The maximum Gasteiger partial charge on any atom is 0.191 e. The van der Waals surface area contributed by atoms with Crippen LogP contribution in [0, 0.1) is 5.92 Å². The van der Waals surface area contributed by atoms with Gasteiger partial charge in [-0.1, -0.05) is 54.6 Å². The molecule has 3 rings (SSSR count). The minimum atomic E-state index is -0.817. The third-order valence-electron chi connectivity index (χ3n) is 3.61. The molecule has 1 aliphatic rings. The quantitative estimate of drug-likeness (QED) is 0.848. The molecule has 2 aromatic carbocycles. The Morgan fingerprint density at radius 2 is 1.53 bits per heavy atom. The molecule has 1 unspecified atom stereocenters. The van der Waals surface area contributed by atoms with E-state index in [-0.39, 0.29) is 11.7 Å². The summed E-state index contributed by atoms with van der Waals surface area (Å²) in [6, 6.07) is 17.5. The highest BCUT2D eigenvalue weighted by molar-refractivity contribution is 6.00. The molecule has 1 N–H and O–H groups in total. The van der Waals surface area contributed by atoms with Gasteiger partial charge in [-0.25, -0.2) is 0 Å². The number of carbonyl (C=O) groups is 1. The SMILES string of the molecule is O=C(c1ccc(-c2ccccc2)cc1)C(O)C1CC1. The number of rotatable bonds is 4. The Labute approximate surface area is 112 Å². The Morgan fingerprint density at radius 3 is 2.11 bits per heavy atom. The normalized spacial score (nSPS) is 16.1. The molecule has 1 atom stereocenters. The molecule has 1 fully saturated rings. The van der Waals surface area contributed by atoms with Crippen LogP contribution in [0.5, 0.6) is 0 Å². The van der Waals surface area contributed by atoms with Gasteiger partial charge in [0, 0.05) is 5.56 Å². The largest absolute Gasteiger partial charge is 0.385 e. The van der Waals surface area contributed by atoms with Gasteiger partial charge in [-0.3, -0.25) is 4.79 Å². The van der Waals surface area contributed by atoms with E-state index in [2.05, 4.69) is 0 Å². The number of hydrogen-bond donors (Lipinski definition) is 1. The second-order valence-corrected chi connectivity index (χ2v) is 5.09. The summed E-state index contributed by atoms with van der Waals surface area (Å²) in [6.45, 7) is 0. The van der Waals surface area contributed by atoms with Crippen molar-refractivity contribution >= 4 is 5.78 Å². The van der Waals surface area contributed by atoms with Gasteiger partial charge in [0.2, 0.25) is 0 Å². The van der Waals surface area contributed by atoms with Crippen LogP contribution in [0.25, 0.3) is 11.1 Å². The maximum atomic E-state index is 12.0. The lowest BCUT2D eigenvalue weighted by atomic mass is 9.99. The van der Waals surface area contributed by atoms with Gasteiger partial charge in [-0.05, 0) is 29.9 Å². The van der Waals surface area contributed by atoms with Gasteiger partial charge in [-0.15, -0.1) is 0 Å². The van der Waals surface area contributed by atoms with Crippen LogP contribution in [0.1, 0.15) is 23.2 Å². The topological polar surface area (TPSA) is 37.3 Å². The maximum absolute atomic E-state index is 12.0. The molecular weight excluding hydrogens is 236 g/mol. The second-order valence-electron chi connectivity index (χ2n) is 5.09. The van der Waals surface area contributed by atoms with E-state index in [1.165, 1.54) is 0 Å². The van der Waals surface area contributed by atoms with Crippen molar-refractivity contribution in [2.75, 3.05) is 0 Å². The van der Waals surface area contributed by atoms with Gasteiger partial charge in [0.05, 0.1) is 0 Å². The summed E-state index contributed by atoms with van der Waals surface area (Å²) in [4.78, 5) is 12.0. The molecule has 96 valence electrons. The van der Waals surface area contributed by atoms with Crippen molar-refractivity contribution in [3.8, 4) is 11.1 Å². The minimum absolute atomic E-state index is 0.151. The first-order valence-corrected chi connectivity index (χ1v) is 6.63. The van der Waals surface area contributed by atoms with Crippen LogP contribution in [0.2, 0.25) is 0 Å². The highest BCUT2D eigenvalue weighted by Gasteiger charge is 2.34. The van der Waals surface area contributed by atoms with Crippen molar-refractivity contribution in [1.82, 2.24) is 0 Å². The number of aliphatic hydroxyl groups excluding tert-OH is 1.